The highest BCUT2D eigenvalue weighted by Crippen LogP contribution is 2.07. The molecule has 0 aromatic heterocycles. The van der Waals surface area contributed by atoms with Crippen molar-refractivity contribution in [2.24, 2.45) is 55.1 Å². The highest BCUT2D eigenvalue weighted by atomic mass is 16.4. The molecule has 0 radical (unpaired) electrons. The van der Waals surface area contributed by atoms with Crippen LogP contribution >= 0.6 is 0 Å². The van der Waals surface area contributed by atoms with E-state index in [9.17, 15) is 24.3 Å². The van der Waals surface area contributed by atoms with Crippen molar-refractivity contribution in [2.75, 3.05) is 19.6 Å². The number of nitrogens with two attached hydrogens (primary N) is 7. The fourth-order valence-corrected chi connectivity index (χ4v) is 4.09. The third-order valence-electron chi connectivity index (χ3n) is 6.35. The highest BCUT2D eigenvalue weighted by Gasteiger charge is 2.30. The molecule has 45 heavy (non-hydrogen) atoms. The molecule has 1 aromatic carbocycles. The highest BCUT2D eigenvalue weighted by molar-refractivity contribution is 5.94. The number of benzene rings is 1. The van der Waals surface area contributed by atoms with E-state index < -0.39 is 47.9 Å². The molecule has 0 saturated heterocycles. The Morgan fingerprint density at radius 1 is 0.622 bits per heavy atom. The van der Waals surface area contributed by atoms with Gasteiger partial charge < -0.3 is 61.2 Å². The zero-order valence-corrected chi connectivity index (χ0v) is 25.2. The monoisotopic (exact) mass is 633 g/mol. The normalized spacial score (nSPS) is 13.2. The van der Waals surface area contributed by atoms with E-state index in [1.165, 1.54) is 0 Å². The molecule has 1 aromatic rings. The maximum atomic E-state index is 13.5. The predicted molar refractivity (Wildman–Crippen MR) is 171 cm³/mol. The molecular formula is C27H47N13O5. The van der Waals surface area contributed by atoms with Gasteiger partial charge in [0.05, 0.1) is 6.04 Å². The van der Waals surface area contributed by atoms with Crippen molar-refractivity contribution in [1.82, 2.24) is 16.0 Å². The fourth-order valence-electron chi connectivity index (χ4n) is 4.09. The smallest absolute Gasteiger partial charge is 0.326 e. The number of nitrogens with one attached hydrogen (secondary N) is 3. The molecule has 4 atom stereocenters. The molecule has 18 N–H and O–H groups in total. The molecule has 1 rings (SSSR count). The molecule has 0 aliphatic heterocycles. The Labute approximate surface area is 261 Å². The van der Waals surface area contributed by atoms with Crippen LogP contribution in [0.1, 0.15) is 44.1 Å². The predicted octanol–water partition coefficient (Wildman–Crippen LogP) is -3.74. The van der Waals surface area contributed by atoms with Crippen molar-refractivity contribution in [3.8, 4) is 0 Å². The van der Waals surface area contributed by atoms with E-state index in [2.05, 4.69) is 30.9 Å². The molecule has 4 unspecified atom stereocenters. The van der Waals surface area contributed by atoms with Crippen molar-refractivity contribution in [3.63, 3.8) is 0 Å². The standard InChI is InChI=1S/C27H47N13O5/c28-17(15-16-7-2-1-3-8-16)21(41)38-18(9-4-12-35-25(29)30)22(42)39-19(10-5-13-36-26(31)32)23(43)40-20(24(44)45)11-6-14-37-27(33)34/h1-3,7-8,17-20H,4-6,9-15,28H2,(H,38,41)(H,39,42)(H,40,43)(H,44,45)(H4,29,30,35)(H4,31,32,36)(H4,33,34,37). The zero-order valence-electron chi connectivity index (χ0n) is 25.2. The minimum atomic E-state index is -1.28. The van der Waals surface area contributed by atoms with Crippen LogP contribution in [0.5, 0.6) is 0 Å². The number of hydrogen-bond donors (Lipinski definition) is 11. The maximum Gasteiger partial charge on any atom is 0.326 e. The van der Waals surface area contributed by atoms with E-state index in [4.69, 9.17) is 40.1 Å². The molecule has 0 aliphatic carbocycles. The average Bonchev–Trinajstić information content (AvgIpc) is 2.97. The van der Waals surface area contributed by atoms with Crippen LogP contribution in [0.3, 0.4) is 0 Å². The van der Waals surface area contributed by atoms with Crippen molar-refractivity contribution in [2.45, 2.75) is 69.1 Å². The Kier molecular flexibility index (Phi) is 17.4. The Balaban J connectivity index is 3.10. The number of carboxylic acids is 1. The number of carbonyl (C=O) groups is 4. The first kappa shape index (κ1) is 37.9. The summed E-state index contributed by atoms with van der Waals surface area (Å²) in [5.41, 5.74) is 39.1. The van der Waals surface area contributed by atoms with Gasteiger partial charge in [0.25, 0.3) is 0 Å². The number of aliphatic imine (C=N–C) groups is 3. The molecule has 3 amide bonds. The number of carbonyl (C=O) groups excluding carboxylic acids is 3. The van der Waals surface area contributed by atoms with Crippen LogP contribution in [0, 0.1) is 0 Å². The summed E-state index contributed by atoms with van der Waals surface area (Å²) in [6, 6.07) is 4.56. The molecule has 0 bridgehead atoms. The van der Waals surface area contributed by atoms with E-state index in [1.54, 1.807) is 0 Å². The van der Waals surface area contributed by atoms with E-state index in [-0.39, 0.29) is 76.0 Å². The van der Waals surface area contributed by atoms with Gasteiger partial charge >= 0.3 is 5.97 Å². The first-order valence-electron chi connectivity index (χ1n) is 14.4. The minimum Gasteiger partial charge on any atom is -0.480 e. The van der Waals surface area contributed by atoms with E-state index in [1.807, 2.05) is 30.3 Å². The zero-order chi connectivity index (χ0) is 33.8. The van der Waals surface area contributed by atoms with E-state index in [0.717, 1.165) is 5.56 Å². The molecule has 18 heteroatoms. The van der Waals surface area contributed by atoms with Gasteiger partial charge in [0.1, 0.15) is 18.1 Å². The van der Waals surface area contributed by atoms with Crippen LogP contribution in [0.2, 0.25) is 0 Å². The summed E-state index contributed by atoms with van der Waals surface area (Å²) in [7, 11) is 0. The number of amides is 3. The largest absolute Gasteiger partial charge is 0.480 e. The van der Waals surface area contributed by atoms with Gasteiger partial charge in [0.2, 0.25) is 17.7 Å². The van der Waals surface area contributed by atoms with Crippen LogP contribution in [-0.4, -0.2) is 90.5 Å². The number of carboxylic acid groups (broad SMARTS) is 1. The second kappa shape index (κ2) is 20.7. The second-order valence-corrected chi connectivity index (χ2v) is 10.2. The molecule has 18 nitrogen and oxygen atoms in total. The Morgan fingerprint density at radius 3 is 1.40 bits per heavy atom. The lowest BCUT2D eigenvalue weighted by molar-refractivity contribution is -0.142. The van der Waals surface area contributed by atoms with E-state index in [0.29, 0.717) is 6.42 Å². The average molecular weight is 634 g/mol. The third-order valence-corrected chi connectivity index (χ3v) is 6.35. The third kappa shape index (κ3) is 16.9. The summed E-state index contributed by atoms with van der Waals surface area (Å²) < 4.78 is 0. The lowest BCUT2D eigenvalue weighted by atomic mass is 10.0. The molecular weight excluding hydrogens is 586 g/mol. The van der Waals surface area contributed by atoms with Crippen molar-refractivity contribution in [1.29, 1.82) is 0 Å². The quantitative estimate of drug-likeness (QED) is 0.0353. The summed E-state index contributed by atoms with van der Waals surface area (Å²) in [5.74, 6) is -3.74. The molecule has 0 aliphatic rings. The summed E-state index contributed by atoms with van der Waals surface area (Å²) in [4.78, 5) is 63.2. The number of nitrogens with zero attached hydrogens (tertiary/aromatic N) is 3. The Hall–Kier alpha value is -5.13. The second-order valence-electron chi connectivity index (χ2n) is 10.2. The van der Waals surface area contributed by atoms with Gasteiger partial charge in [0, 0.05) is 19.6 Å². The first-order chi connectivity index (χ1) is 21.3. The van der Waals surface area contributed by atoms with Crippen LogP contribution in [0.15, 0.2) is 45.3 Å². The molecule has 250 valence electrons. The Bertz CT molecular complexity index is 1180. The Morgan fingerprint density at radius 2 is 1.00 bits per heavy atom. The summed E-state index contributed by atoms with van der Waals surface area (Å²) >= 11 is 0. The van der Waals surface area contributed by atoms with Crippen LogP contribution < -0.4 is 56.1 Å². The summed E-state index contributed by atoms with van der Waals surface area (Å²) in [6.07, 6.45) is 1.25. The molecule has 0 spiro atoms. The van der Waals surface area contributed by atoms with Gasteiger partial charge in [0.15, 0.2) is 17.9 Å². The molecule has 0 saturated carbocycles. The van der Waals surface area contributed by atoms with Crippen LogP contribution in [-0.2, 0) is 25.6 Å². The first-order valence-corrected chi connectivity index (χ1v) is 14.4. The molecule has 0 heterocycles. The van der Waals surface area contributed by atoms with Gasteiger partial charge in [-0.15, -0.1) is 0 Å². The van der Waals surface area contributed by atoms with Gasteiger partial charge in [-0.05, 0) is 50.5 Å². The number of guanidine groups is 3. The number of hydrogen-bond acceptors (Lipinski definition) is 8. The SMILES string of the molecule is NC(N)=NCCCC(NC(=O)C(CCCN=C(N)N)NC(=O)C(CCCN=C(N)N)NC(=O)C(N)Cc1ccccc1)C(=O)O. The lowest BCUT2D eigenvalue weighted by Gasteiger charge is -2.25. The van der Waals surface area contributed by atoms with Gasteiger partial charge in [-0.2, -0.15) is 0 Å². The van der Waals surface area contributed by atoms with Crippen molar-refractivity contribution >= 4 is 41.6 Å². The summed E-state index contributed by atoms with van der Waals surface area (Å²) in [6.45, 7) is 0.491. The van der Waals surface area contributed by atoms with Crippen molar-refractivity contribution < 1.29 is 24.3 Å². The number of rotatable bonds is 21. The van der Waals surface area contributed by atoms with Crippen LogP contribution in [0.4, 0.5) is 0 Å². The van der Waals surface area contributed by atoms with E-state index >= 15 is 0 Å². The topological polar surface area (TPSA) is 344 Å². The molecule has 0 fully saturated rings. The van der Waals surface area contributed by atoms with Gasteiger partial charge in [-0.3, -0.25) is 29.4 Å². The van der Waals surface area contributed by atoms with Gasteiger partial charge in [-0.25, -0.2) is 4.79 Å². The fraction of sp³-hybridized carbons (Fsp3) is 0.519. The van der Waals surface area contributed by atoms with Gasteiger partial charge in [-0.1, -0.05) is 30.3 Å². The van der Waals surface area contributed by atoms with Crippen molar-refractivity contribution in [3.05, 3.63) is 35.9 Å². The summed E-state index contributed by atoms with van der Waals surface area (Å²) in [5, 5.41) is 17.4. The van der Waals surface area contributed by atoms with Crippen LogP contribution in [0.25, 0.3) is 0 Å². The number of aliphatic carboxylic acids is 1. The minimum absolute atomic E-state index is 0.0231. The lowest BCUT2D eigenvalue weighted by Crippen LogP contribution is -2.57. The maximum absolute atomic E-state index is 13.5.